The highest BCUT2D eigenvalue weighted by Gasteiger charge is 2.48. The minimum Gasteiger partial charge on any atom is -0.493 e. The van der Waals surface area contributed by atoms with Crippen molar-refractivity contribution in [2.75, 3.05) is 94.6 Å². The number of imide groups is 1. The van der Waals surface area contributed by atoms with Crippen LogP contribution in [0.5, 0.6) is 23.0 Å². The molecule has 5 aliphatic rings. The topological polar surface area (TPSA) is 754 Å². The number of carboxylic acid groups (broad SMARTS) is 5. The Labute approximate surface area is 845 Å². The van der Waals surface area contributed by atoms with Gasteiger partial charge in [0.15, 0.2) is 57.9 Å². The van der Waals surface area contributed by atoms with Crippen LogP contribution in [0, 0.1) is 29.1 Å². The number of ether oxygens (including phenoxy) is 5. The number of Topliss-reactive ketones (excluding diaryl/α,β-unsaturated/α-hetero) is 3. The van der Waals surface area contributed by atoms with Crippen molar-refractivity contribution >= 4 is 164 Å². The summed E-state index contributed by atoms with van der Waals surface area (Å²) in [6.07, 6.45) is -5.05. The Balaban J connectivity index is 0.646. The number of ketones is 3. The molecule has 51 heteroatoms. The second-order valence-corrected chi connectivity index (χ2v) is 37.7. The van der Waals surface area contributed by atoms with E-state index in [1.807, 2.05) is 0 Å². The standard InChI is InChI=1S/C96H122N20O30S/c1-47(2)79(86(132)104-50(5)88(134)114-25-28-146-92(114)66-30-49(4)45-116(66)89(135)58-36-69(142-6)71(38-60(58)97)144-26-12-9-13-27-145-72-39-63-59(37-70(72)143-7)90(136)115-44-48(3)29-65(115)85(131)108-63)110-74(120)16-10-8-11-24-113-75(121)41-73(91(113)137)147-46-54(93(138)139)33-68(119)64(40-78(126)127)109-84(130)53(35-77(124)125)32-67(118)61(15-14-23-101-95(98)99)106-83(129)52(34-76(122)123)31-57(117)21-22-62(94(140)141)107-82(128)51-17-19-55(20-18-51)102-42-56-43-103-81-80(105-56)87(133)112-96(100)111-81/h17-20,36-39,43,47,50,52-54,61-62,64-66,73,79,92,102H,3-4,8-16,21-35,40-42,44-46,97H2,1-2,5-7H3,(H,104,132)(H,106,129)(H,107,128)(H,108,131)(H,109,130)(H,110,120)(H,122,123)(H,124,125)(H,126,127)(H,138,139)(H,140,141)(H4,98,99,101)(H3,100,103,111,112,133)/t50-,52-,53-,54-,61-,62-,64-,65-,66-,73?,79-,92?/m0/s1. The van der Waals surface area contributed by atoms with Crippen LogP contribution in [-0.2, 0) is 88.0 Å². The molecule has 0 bridgehead atoms. The number of nitrogens with zero attached hydrogens (tertiary/aromatic N) is 7. The number of carbonyl (C=O) groups excluding carboxylic acids is 14. The molecule has 2 aromatic heterocycles. The number of H-pyrrole nitrogens is 1. The fraction of sp³-hybridized carbons (Fsp3) is 0.500. The summed E-state index contributed by atoms with van der Waals surface area (Å²) < 4.78 is 29.6. The van der Waals surface area contributed by atoms with E-state index in [0.29, 0.717) is 71.6 Å². The van der Waals surface area contributed by atoms with E-state index in [1.165, 1.54) is 78.4 Å². The Morgan fingerprint density at radius 2 is 1.28 bits per heavy atom. The van der Waals surface area contributed by atoms with Gasteiger partial charge < -0.3 is 124 Å². The fourth-order valence-corrected chi connectivity index (χ4v) is 18.6. The van der Waals surface area contributed by atoms with Crippen LogP contribution in [0.2, 0.25) is 0 Å². The van der Waals surface area contributed by atoms with E-state index in [1.54, 1.807) is 26.0 Å². The number of thioether (sulfide) groups is 1. The largest absolute Gasteiger partial charge is 0.493 e. The number of carboxylic acids is 5. The zero-order valence-corrected chi connectivity index (χ0v) is 82.4. The van der Waals surface area contributed by atoms with E-state index in [4.69, 9.17) is 46.3 Å². The molecule has 3 aromatic carbocycles. The number of anilines is 4. The van der Waals surface area contributed by atoms with Crippen molar-refractivity contribution in [1.82, 2.24) is 71.4 Å². The lowest BCUT2D eigenvalue weighted by atomic mass is 9.90. The van der Waals surface area contributed by atoms with Crippen LogP contribution < -0.4 is 84.2 Å². The van der Waals surface area contributed by atoms with Gasteiger partial charge in [0.1, 0.15) is 30.0 Å². The molecule has 4 fully saturated rings. The van der Waals surface area contributed by atoms with Gasteiger partial charge in [0.25, 0.3) is 23.3 Å². The van der Waals surface area contributed by atoms with Crippen molar-refractivity contribution in [1.29, 1.82) is 5.41 Å². The number of benzene rings is 3. The third kappa shape index (κ3) is 31.4. The molecule has 0 aliphatic carbocycles. The lowest BCUT2D eigenvalue weighted by Gasteiger charge is -2.35. The highest BCUT2D eigenvalue weighted by molar-refractivity contribution is 8.00. The molecule has 7 heterocycles. The molecule has 21 N–H and O–H groups in total. The number of amides is 11. The van der Waals surface area contributed by atoms with Crippen molar-refractivity contribution in [3.05, 3.63) is 112 Å². The number of aromatic nitrogens is 4. The predicted molar refractivity (Wildman–Crippen MR) is 524 cm³/mol. The van der Waals surface area contributed by atoms with Gasteiger partial charge in [0.2, 0.25) is 53.2 Å². The molecular weight excluding hydrogens is 1950 g/mol. The zero-order valence-electron chi connectivity index (χ0n) is 81.5. The fourth-order valence-electron chi connectivity index (χ4n) is 17.3. The third-order valence-corrected chi connectivity index (χ3v) is 26.4. The minimum atomic E-state index is -2.08. The van der Waals surface area contributed by atoms with Gasteiger partial charge >= 0.3 is 29.8 Å². The Bertz CT molecular complexity index is 5960. The maximum Gasteiger partial charge on any atom is 0.326 e. The predicted octanol–water partition coefficient (Wildman–Crippen LogP) is 2.01. The molecule has 147 heavy (non-hydrogen) atoms. The lowest BCUT2D eigenvalue weighted by molar-refractivity contribution is -0.145. The summed E-state index contributed by atoms with van der Waals surface area (Å²) in [5.41, 5.74) is 19.9. The summed E-state index contributed by atoms with van der Waals surface area (Å²) in [5, 5.41) is 77.1. The average molecular weight is 2070 g/mol. The van der Waals surface area contributed by atoms with E-state index in [0.717, 1.165) is 10.5 Å². The van der Waals surface area contributed by atoms with Gasteiger partial charge in [-0.2, -0.15) is 4.98 Å². The number of nitrogen functional groups attached to an aromatic ring is 2. The first-order valence-electron chi connectivity index (χ1n) is 47.5. The number of likely N-dealkylation sites (tertiary alicyclic amines) is 2. The van der Waals surface area contributed by atoms with Gasteiger partial charge in [-0.05, 0) is 113 Å². The highest BCUT2D eigenvalue weighted by Crippen LogP contribution is 2.41. The Hall–Kier alpha value is -15.7. The van der Waals surface area contributed by atoms with Gasteiger partial charge in [-0.25, -0.2) is 14.8 Å². The van der Waals surface area contributed by atoms with E-state index in [9.17, 15) is 121 Å². The van der Waals surface area contributed by atoms with E-state index in [-0.39, 0.29) is 167 Å². The van der Waals surface area contributed by atoms with Crippen LogP contribution in [0.25, 0.3) is 11.2 Å². The lowest BCUT2D eigenvalue weighted by Crippen LogP contribution is -2.57. The van der Waals surface area contributed by atoms with Crippen LogP contribution in [0.15, 0.2) is 83.8 Å². The van der Waals surface area contributed by atoms with Crippen molar-refractivity contribution < 1.29 is 140 Å². The smallest absolute Gasteiger partial charge is 0.326 e. The molecule has 5 aromatic rings. The Kier molecular flexibility index (Phi) is 40.6. The molecule has 2 unspecified atom stereocenters. The summed E-state index contributed by atoms with van der Waals surface area (Å²) >= 11 is 0.704. The molecule has 10 rings (SSSR count). The average Bonchev–Trinajstić information content (AvgIpc) is 1.64. The second-order valence-electron chi connectivity index (χ2n) is 36.5. The summed E-state index contributed by atoms with van der Waals surface area (Å²) in [6, 6.07) is 2.57. The number of carbonyl (C=O) groups is 19. The number of fused-ring (bicyclic) bond motifs is 3. The quantitative estimate of drug-likeness (QED) is 0.00661. The Morgan fingerprint density at radius 1 is 0.646 bits per heavy atom. The van der Waals surface area contributed by atoms with E-state index in [2.05, 4.69) is 75.6 Å². The number of nitrogens with two attached hydrogens (primary N) is 3. The van der Waals surface area contributed by atoms with Crippen LogP contribution >= 0.6 is 11.8 Å². The summed E-state index contributed by atoms with van der Waals surface area (Å²) in [5.74, 6) is -25.1. The number of rotatable bonds is 58. The molecule has 0 spiro atoms. The zero-order chi connectivity index (χ0) is 107. The summed E-state index contributed by atoms with van der Waals surface area (Å²) in [7, 11) is 2.87. The van der Waals surface area contributed by atoms with E-state index >= 15 is 0 Å². The summed E-state index contributed by atoms with van der Waals surface area (Å²) in [4.78, 5) is 287. The maximum atomic E-state index is 14.6. The molecule has 11 amide bonds. The van der Waals surface area contributed by atoms with Gasteiger partial charge in [-0.3, -0.25) is 106 Å². The van der Waals surface area contributed by atoms with Crippen LogP contribution in [-0.4, -0.2) is 309 Å². The van der Waals surface area contributed by atoms with Gasteiger partial charge in [0, 0.05) is 106 Å². The Morgan fingerprint density at radius 3 is 1.93 bits per heavy atom. The number of unbranched alkanes of at least 4 members (excludes halogenated alkanes) is 4. The maximum absolute atomic E-state index is 14.6. The molecule has 0 radical (unpaired) electrons. The normalized spacial score (nSPS) is 17.5. The minimum absolute atomic E-state index is 0.0175. The first-order valence-corrected chi connectivity index (χ1v) is 48.6. The molecule has 5 aliphatic heterocycles. The van der Waals surface area contributed by atoms with Gasteiger partial charge in [0.05, 0.1) is 130 Å². The van der Waals surface area contributed by atoms with Crippen molar-refractivity contribution in [2.45, 2.75) is 210 Å². The SMILES string of the molecule is C=C1C[C@H]2C(=O)Nc3cc(OCCCCCOc4cc(N)c(C(=O)N5CC(=C)C[C@H]5C5OCCN5C(=O)[C@H](C)NC(=O)[C@@H](NC(=O)CCCCCN5C(=O)CC(SC[C@H](CC(=O)[C@H](CC(=O)O)NC(=O)[C@H](CC(=O)O)CC(=O)[C@H](CCCNC(=N)N)NC(=O)[C@H](CC(=O)O)CC(=O)CC[C@H](NC(=O)c6ccc(NCc7cnc8nc(N)[nH]c(=O)c8n7)cc6)C(=O)O)C(=O)O)C5=O)C(C)C)cc4OC)c(OC)cc3C(=O)N2C1. The second kappa shape index (κ2) is 52.7. The number of aromatic amines is 1. The summed E-state index contributed by atoms with van der Waals surface area (Å²) in [6.45, 7) is 13.8. The van der Waals surface area contributed by atoms with Gasteiger partial charge in [-0.15, -0.1) is 11.8 Å². The number of guanidine groups is 1. The van der Waals surface area contributed by atoms with Crippen LogP contribution in [0.4, 0.5) is 23.0 Å². The number of methoxy groups -OCH3 is 2. The molecule has 0 saturated carbocycles. The van der Waals surface area contributed by atoms with Crippen molar-refractivity contribution in [2.24, 2.45) is 29.4 Å². The highest BCUT2D eigenvalue weighted by atomic mass is 32.2. The van der Waals surface area contributed by atoms with Crippen molar-refractivity contribution in [3.8, 4) is 23.0 Å². The molecular formula is C96H122N20O30S. The first-order chi connectivity index (χ1) is 69.8. The van der Waals surface area contributed by atoms with Crippen LogP contribution in [0.3, 0.4) is 0 Å². The number of aliphatic carboxylic acids is 5. The van der Waals surface area contributed by atoms with Gasteiger partial charge in [-0.1, -0.05) is 44.6 Å². The molecule has 12 atom stereocenters. The number of nitrogens with one attached hydrogen (secondary N) is 10. The molecule has 4 saturated heterocycles. The monoisotopic (exact) mass is 2070 g/mol. The molecule has 50 nitrogen and oxygen atoms in total. The van der Waals surface area contributed by atoms with Crippen LogP contribution in [0.1, 0.15) is 186 Å². The first kappa shape index (κ1) is 113. The number of hydrogen-bond donors (Lipinski definition) is 18. The van der Waals surface area contributed by atoms with E-state index < -0.39 is 253 Å². The van der Waals surface area contributed by atoms with Crippen molar-refractivity contribution in [3.63, 3.8) is 0 Å². The third-order valence-electron chi connectivity index (χ3n) is 25.1. The molecule has 792 valence electrons. The number of hydrogen-bond acceptors (Lipinski definition) is 33.